The van der Waals surface area contributed by atoms with Gasteiger partial charge in [0.2, 0.25) is 0 Å². The molecule has 104 valence electrons. The summed E-state index contributed by atoms with van der Waals surface area (Å²) >= 11 is 6.05. The molecule has 1 atom stereocenters. The molecule has 0 fully saturated rings. The van der Waals surface area contributed by atoms with Gasteiger partial charge in [-0.2, -0.15) is 0 Å². The minimum atomic E-state index is 0.203. The predicted molar refractivity (Wildman–Crippen MR) is 84.8 cm³/mol. The zero-order valence-electron chi connectivity index (χ0n) is 11.9. The van der Waals surface area contributed by atoms with Crippen molar-refractivity contribution in [2.24, 2.45) is 0 Å². The summed E-state index contributed by atoms with van der Waals surface area (Å²) in [4.78, 5) is 13.0. The Hall–Kier alpha value is -1.80. The maximum atomic E-state index is 10.8. The van der Waals surface area contributed by atoms with Crippen molar-refractivity contribution in [1.82, 2.24) is 0 Å². The van der Waals surface area contributed by atoms with E-state index < -0.39 is 0 Å². The molecular formula is C17H18ClNO. The second-order valence-electron chi connectivity index (χ2n) is 5.01. The van der Waals surface area contributed by atoms with Gasteiger partial charge in [-0.3, -0.25) is 4.79 Å². The molecule has 2 nitrogen and oxygen atoms in total. The molecule has 1 unspecified atom stereocenters. The van der Waals surface area contributed by atoms with Crippen LogP contribution in [0.5, 0.6) is 0 Å². The minimum Gasteiger partial charge on any atom is -0.368 e. The number of aldehydes is 1. The third-order valence-electron chi connectivity index (χ3n) is 3.65. The van der Waals surface area contributed by atoms with Gasteiger partial charge in [-0.1, -0.05) is 23.7 Å². The van der Waals surface area contributed by atoms with Gasteiger partial charge in [-0.25, -0.2) is 0 Å². The van der Waals surface area contributed by atoms with Crippen LogP contribution in [0.25, 0.3) is 0 Å². The van der Waals surface area contributed by atoms with E-state index in [1.807, 2.05) is 43.3 Å². The Bertz CT molecular complexity index is 624. The molecule has 0 N–H and O–H groups in total. The van der Waals surface area contributed by atoms with Crippen molar-refractivity contribution in [3.8, 4) is 0 Å². The van der Waals surface area contributed by atoms with Crippen molar-refractivity contribution in [2.45, 2.75) is 19.9 Å². The fraction of sp³-hybridized carbons (Fsp3) is 0.235. The molecule has 3 heteroatoms. The zero-order valence-corrected chi connectivity index (χ0v) is 12.7. The lowest BCUT2D eigenvalue weighted by atomic mass is 10.0. The molecule has 0 bridgehead atoms. The molecule has 2 aromatic carbocycles. The number of halogens is 1. The maximum Gasteiger partial charge on any atom is 0.150 e. The summed E-state index contributed by atoms with van der Waals surface area (Å²) in [6, 6.07) is 13.8. The second kappa shape index (κ2) is 6.10. The molecule has 0 aromatic heterocycles. The van der Waals surface area contributed by atoms with Crippen LogP contribution in [0.1, 0.15) is 34.5 Å². The number of nitrogens with zero attached hydrogens (tertiary/aromatic N) is 1. The first-order valence-corrected chi connectivity index (χ1v) is 6.95. The van der Waals surface area contributed by atoms with Crippen LogP contribution in [0.15, 0.2) is 42.5 Å². The van der Waals surface area contributed by atoms with E-state index in [4.69, 9.17) is 11.6 Å². The van der Waals surface area contributed by atoms with Crippen LogP contribution in [0.2, 0.25) is 5.02 Å². The Morgan fingerprint density at radius 2 is 1.95 bits per heavy atom. The smallest absolute Gasteiger partial charge is 0.150 e. The third kappa shape index (κ3) is 3.02. The zero-order chi connectivity index (χ0) is 14.7. The third-order valence-corrected chi connectivity index (χ3v) is 3.88. The molecule has 0 aliphatic rings. The topological polar surface area (TPSA) is 20.3 Å². The van der Waals surface area contributed by atoms with E-state index >= 15 is 0 Å². The number of hydrogen-bond acceptors (Lipinski definition) is 2. The van der Waals surface area contributed by atoms with E-state index in [9.17, 15) is 4.79 Å². The van der Waals surface area contributed by atoms with E-state index in [2.05, 4.69) is 24.9 Å². The standard InChI is InChI=1S/C17H18ClNO/c1-12-9-14(11-20)7-8-17(12)19(3)13(2)15-5-4-6-16(18)10-15/h4-11,13H,1-3H3. The lowest BCUT2D eigenvalue weighted by Crippen LogP contribution is -2.22. The van der Waals surface area contributed by atoms with Crippen molar-refractivity contribution in [2.75, 3.05) is 11.9 Å². The first kappa shape index (κ1) is 14.6. The van der Waals surface area contributed by atoms with Crippen molar-refractivity contribution in [1.29, 1.82) is 0 Å². The summed E-state index contributed by atoms with van der Waals surface area (Å²) in [5, 5.41) is 0.746. The Morgan fingerprint density at radius 1 is 1.20 bits per heavy atom. The van der Waals surface area contributed by atoms with Crippen LogP contribution in [-0.2, 0) is 0 Å². The molecule has 0 aliphatic heterocycles. The predicted octanol–water partition coefficient (Wildman–Crippen LogP) is 4.66. The van der Waals surface area contributed by atoms with E-state index in [-0.39, 0.29) is 6.04 Å². The first-order valence-electron chi connectivity index (χ1n) is 6.57. The quantitative estimate of drug-likeness (QED) is 0.762. The van der Waals surface area contributed by atoms with Crippen LogP contribution in [0.3, 0.4) is 0 Å². The molecule has 0 spiro atoms. The number of benzene rings is 2. The highest BCUT2D eigenvalue weighted by atomic mass is 35.5. The molecule has 0 heterocycles. The monoisotopic (exact) mass is 287 g/mol. The molecule has 0 amide bonds. The van der Waals surface area contributed by atoms with Crippen molar-refractivity contribution in [3.63, 3.8) is 0 Å². The number of anilines is 1. The fourth-order valence-corrected chi connectivity index (χ4v) is 2.55. The van der Waals surface area contributed by atoms with Gasteiger partial charge in [0.15, 0.2) is 0 Å². The Morgan fingerprint density at radius 3 is 2.55 bits per heavy atom. The molecule has 2 rings (SSSR count). The molecule has 20 heavy (non-hydrogen) atoms. The highest BCUT2D eigenvalue weighted by Gasteiger charge is 2.14. The lowest BCUT2D eigenvalue weighted by Gasteiger charge is -2.29. The van der Waals surface area contributed by atoms with Gasteiger partial charge in [-0.05, 0) is 55.3 Å². The number of carbonyl (C=O) groups excluding carboxylic acids is 1. The van der Waals surface area contributed by atoms with Crippen LogP contribution >= 0.6 is 11.6 Å². The summed E-state index contributed by atoms with van der Waals surface area (Å²) in [7, 11) is 2.05. The highest BCUT2D eigenvalue weighted by Crippen LogP contribution is 2.29. The number of rotatable bonds is 4. The summed E-state index contributed by atoms with van der Waals surface area (Å²) in [6.07, 6.45) is 0.872. The SMILES string of the molecule is Cc1cc(C=O)ccc1N(C)C(C)c1cccc(Cl)c1. The van der Waals surface area contributed by atoms with Gasteiger partial charge in [0.05, 0.1) is 6.04 Å². The number of hydrogen-bond donors (Lipinski definition) is 0. The van der Waals surface area contributed by atoms with Crippen LogP contribution in [0, 0.1) is 6.92 Å². The van der Waals surface area contributed by atoms with Crippen molar-refractivity contribution < 1.29 is 4.79 Å². The van der Waals surface area contributed by atoms with Crippen LogP contribution in [0.4, 0.5) is 5.69 Å². The summed E-state index contributed by atoms with van der Waals surface area (Å²) in [6.45, 7) is 4.16. The van der Waals surface area contributed by atoms with Crippen molar-refractivity contribution in [3.05, 3.63) is 64.2 Å². The van der Waals surface area contributed by atoms with Gasteiger partial charge in [-0.15, -0.1) is 0 Å². The van der Waals surface area contributed by atoms with E-state index in [1.165, 1.54) is 5.56 Å². The average Bonchev–Trinajstić information content (AvgIpc) is 2.45. The first-order chi connectivity index (χ1) is 9.52. The van der Waals surface area contributed by atoms with Crippen LogP contribution in [-0.4, -0.2) is 13.3 Å². The van der Waals surface area contributed by atoms with Crippen molar-refractivity contribution >= 4 is 23.6 Å². The highest BCUT2D eigenvalue weighted by molar-refractivity contribution is 6.30. The van der Waals surface area contributed by atoms with Gasteiger partial charge in [0.25, 0.3) is 0 Å². The molecule has 2 aromatic rings. The molecule has 0 saturated carbocycles. The van der Waals surface area contributed by atoms with Gasteiger partial charge >= 0.3 is 0 Å². The summed E-state index contributed by atoms with van der Waals surface area (Å²) in [5.74, 6) is 0. The molecule has 0 radical (unpaired) electrons. The fourth-order valence-electron chi connectivity index (χ4n) is 2.35. The molecular weight excluding hydrogens is 270 g/mol. The normalized spacial score (nSPS) is 12.0. The summed E-state index contributed by atoms with van der Waals surface area (Å²) < 4.78 is 0. The molecule has 0 aliphatic carbocycles. The largest absolute Gasteiger partial charge is 0.368 e. The number of carbonyl (C=O) groups is 1. The Kier molecular flexibility index (Phi) is 4.46. The average molecular weight is 288 g/mol. The van der Waals surface area contributed by atoms with E-state index in [0.717, 1.165) is 22.6 Å². The Labute approximate surface area is 125 Å². The van der Waals surface area contributed by atoms with Gasteiger partial charge in [0.1, 0.15) is 6.29 Å². The number of aryl methyl sites for hydroxylation is 1. The Balaban J connectivity index is 2.31. The minimum absolute atomic E-state index is 0.203. The van der Waals surface area contributed by atoms with Gasteiger partial charge in [0, 0.05) is 23.3 Å². The molecule has 0 saturated heterocycles. The summed E-state index contributed by atoms with van der Waals surface area (Å²) in [5.41, 5.74) is 4.07. The lowest BCUT2D eigenvalue weighted by molar-refractivity contribution is 0.112. The maximum absolute atomic E-state index is 10.8. The van der Waals surface area contributed by atoms with Gasteiger partial charge < -0.3 is 4.90 Å². The van der Waals surface area contributed by atoms with E-state index in [1.54, 1.807) is 0 Å². The second-order valence-corrected chi connectivity index (χ2v) is 5.44. The van der Waals surface area contributed by atoms with Crippen LogP contribution < -0.4 is 4.90 Å². The van der Waals surface area contributed by atoms with E-state index in [0.29, 0.717) is 5.56 Å².